The zero-order chi connectivity index (χ0) is 18.7. The molecule has 1 fully saturated rings. The van der Waals surface area contributed by atoms with Crippen molar-refractivity contribution < 1.29 is 9.53 Å². The van der Waals surface area contributed by atoms with Crippen molar-refractivity contribution in [2.45, 2.75) is 13.8 Å². The van der Waals surface area contributed by atoms with Crippen molar-refractivity contribution in [3.8, 4) is 5.75 Å². The highest BCUT2D eigenvalue weighted by Gasteiger charge is 2.33. The lowest BCUT2D eigenvalue weighted by Crippen LogP contribution is -2.27. The number of nitrogens with zero attached hydrogens (tertiary/aromatic N) is 1. The maximum Gasteiger partial charge on any atom is 0.270 e. The smallest absolute Gasteiger partial charge is 0.270 e. The minimum atomic E-state index is -0.0966. The molecule has 2 aromatic carbocycles. The summed E-state index contributed by atoms with van der Waals surface area (Å²) in [6.07, 6.45) is 3.54. The van der Waals surface area contributed by atoms with E-state index in [0.717, 1.165) is 22.6 Å². The van der Waals surface area contributed by atoms with Crippen LogP contribution in [-0.4, -0.2) is 16.8 Å². The second-order valence-corrected chi connectivity index (χ2v) is 7.63. The third-order valence-electron chi connectivity index (χ3n) is 4.07. The Morgan fingerprint density at radius 3 is 2.73 bits per heavy atom. The van der Waals surface area contributed by atoms with E-state index >= 15 is 0 Å². The van der Waals surface area contributed by atoms with Crippen LogP contribution in [0.2, 0.25) is 0 Å². The summed E-state index contributed by atoms with van der Waals surface area (Å²) >= 11 is 6.76. The first-order chi connectivity index (χ1) is 12.5. The fourth-order valence-corrected chi connectivity index (χ4v) is 3.85. The average Bonchev–Trinajstić information content (AvgIpc) is 2.89. The van der Waals surface area contributed by atoms with E-state index in [1.54, 1.807) is 11.0 Å². The van der Waals surface area contributed by atoms with Gasteiger partial charge in [-0.1, -0.05) is 54.8 Å². The van der Waals surface area contributed by atoms with Gasteiger partial charge in [-0.25, -0.2) is 0 Å². The Morgan fingerprint density at radius 2 is 2.00 bits per heavy atom. The number of hydrogen-bond acceptors (Lipinski definition) is 4. The van der Waals surface area contributed by atoms with E-state index in [2.05, 4.69) is 6.58 Å². The van der Waals surface area contributed by atoms with Crippen molar-refractivity contribution in [2.75, 3.05) is 11.5 Å². The Labute approximate surface area is 163 Å². The van der Waals surface area contributed by atoms with Gasteiger partial charge in [0, 0.05) is 0 Å². The zero-order valence-corrected chi connectivity index (χ0v) is 16.3. The molecule has 26 heavy (non-hydrogen) atoms. The molecule has 0 aromatic heterocycles. The van der Waals surface area contributed by atoms with Crippen LogP contribution < -0.4 is 9.64 Å². The fourth-order valence-electron chi connectivity index (χ4n) is 2.56. The number of anilines is 1. The van der Waals surface area contributed by atoms with E-state index in [0.29, 0.717) is 15.8 Å². The summed E-state index contributed by atoms with van der Waals surface area (Å²) in [6.45, 7) is 8.16. The van der Waals surface area contributed by atoms with Gasteiger partial charge in [0.2, 0.25) is 0 Å². The molecule has 1 aliphatic heterocycles. The number of carbonyl (C=O) groups is 1. The second-order valence-electron chi connectivity index (χ2n) is 5.96. The molecular weight excluding hydrogens is 362 g/mol. The molecule has 0 unspecified atom stereocenters. The fraction of sp³-hybridized carbons (Fsp3) is 0.143. The standard InChI is InChI=1S/C21H19NO2S2/c1-4-10-24-18-7-5-6-16(12-18)13-19-20(23)22(21(25)26-19)17-9-8-14(2)15(3)11-17/h4-9,11-13H,1,10H2,2-3H3/b19-13+. The molecule has 132 valence electrons. The summed E-state index contributed by atoms with van der Waals surface area (Å²) in [5.41, 5.74) is 4.02. The van der Waals surface area contributed by atoms with Crippen LogP contribution >= 0.6 is 24.0 Å². The van der Waals surface area contributed by atoms with Gasteiger partial charge in [0.25, 0.3) is 5.91 Å². The molecule has 1 amide bonds. The normalized spacial score (nSPS) is 15.6. The number of hydrogen-bond donors (Lipinski definition) is 0. The van der Waals surface area contributed by atoms with Crippen molar-refractivity contribution in [3.05, 3.63) is 76.7 Å². The van der Waals surface area contributed by atoms with E-state index in [1.807, 2.05) is 62.4 Å². The molecule has 0 bridgehead atoms. The molecule has 1 aliphatic rings. The second kappa shape index (κ2) is 7.89. The Kier molecular flexibility index (Phi) is 5.59. The predicted molar refractivity (Wildman–Crippen MR) is 114 cm³/mol. The highest BCUT2D eigenvalue weighted by Crippen LogP contribution is 2.36. The number of rotatable bonds is 5. The lowest BCUT2D eigenvalue weighted by molar-refractivity contribution is -0.113. The lowest BCUT2D eigenvalue weighted by Gasteiger charge is -2.15. The van der Waals surface area contributed by atoms with E-state index in [9.17, 15) is 4.79 Å². The first-order valence-electron chi connectivity index (χ1n) is 8.18. The number of carbonyl (C=O) groups excluding carboxylic acids is 1. The highest BCUT2D eigenvalue weighted by molar-refractivity contribution is 8.27. The lowest BCUT2D eigenvalue weighted by atomic mass is 10.1. The van der Waals surface area contributed by atoms with E-state index < -0.39 is 0 Å². The van der Waals surface area contributed by atoms with Gasteiger partial charge in [-0.3, -0.25) is 9.69 Å². The van der Waals surface area contributed by atoms with E-state index in [-0.39, 0.29) is 5.91 Å². The highest BCUT2D eigenvalue weighted by atomic mass is 32.2. The monoisotopic (exact) mass is 381 g/mol. The summed E-state index contributed by atoms with van der Waals surface area (Å²) in [4.78, 5) is 15.1. The van der Waals surface area contributed by atoms with Crippen LogP contribution in [0.1, 0.15) is 16.7 Å². The number of thiocarbonyl (C=S) groups is 1. The predicted octanol–water partition coefficient (Wildman–Crippen LogP) is 5.27. The molecule has 0 N–H and O–H groups in total. The van der Waals surface area contributed by atoms with Crippen LogP contribution in [0.25, 0.3) is 6.08 Å². The van der Waals surface area contributed by atoms with Gasteiger partial charge >= 0.3 is 0 Å². The van der Waals surface area contributed by atoms with E-state index in [4.69, 9.17) is 17.0 Å². The zero-order valence-electron chi connectivity index (χ0n) is 14.7. The van der Waals surface area contributed by atoms with Gasteiger partial charge in [0.05, 0.1) is 10.6 Å². The maximum atomic E-state index is 12.9. The van der Waals surface area contributed by atoms with Crippen LogP contribution in [0.4, 0.5) is 5.69 Å². The molecule has 0 spiro atoms. The van der Waals surface area contributed by atoms with Gasteiger partial charge in [-0.15, -0.1) is 0 Å². The molecule has 0 atom stereocenters. The first kappa shape index (κ1) is 18.4. The molecule has 0 radical (unpaired) electrons. The van der Waals surface area contributed by atoms with Crippen molar-refractivity contribution in [1.29, 1.82) is 0 Å². The Hall–Kier alpha value is -2.37. The van der Waals surface area contributed by atoms with Crippen LogP contribution in [0.5, 0.6) is 5.75 Å². The number of amides is 1. The first-order valence-corrected chi connectivity index (χ1v) is 9.41. The van der Waals surface area contributed by atoms with E-state index in [1.165, 1.54) is 17.3 Å². The van der Waals surface area contributed by atoms with Gasteiger partial charge < -0.3 is 4.74 Å². The van der Waals surface area contributed by atoms with Crippen molar-refractivity contribution in [3.63, 3.8) is 0 Å². The van der Waals surface area contributed by atoms with Crippen molar-refractivity contribution in [1.82, 2.24) is 0 Å². The Bertz CT molecular complexity index is 918. The number of aryl methyl sites for hydroxylation is 2. The van der Waals surface area contributed by atoms with Crippen molar-refractivity contribution in [2.24, 2.45) is 0 Å². The molecule has 1 heterocycles. The summed E-state index contributed by atoms with van der Waals surface area (Å²) in [6, 6.07) is 13.5. The molecule has 2 aromatic rings. The molecule has 5 heteroatoms. The number of benzene rings is 2. The minimum absolute atomic E-state index is 0.0966. The van der Waals surface area contributed by atoms with Crippen LogP contribution in [0.15, 0.2) is 60.0 Å². The van der Waals surface area contributed by atoms with Gasteiger partial charge in [0.15, 0.2) is 4.32 Å². The molecule has 3 rings (SSSR count). The largest absolute Gasteiger partial charge is 0.490 e. The Morgan fingerprint density at radius 1 is 1.19 bits per heavy atom. The molecular formula is C21H19NO2S2. The van der Waals surface area contributed by atoms with Crippen LogP contribution in [0.3, 0.4) is 0 Å². The maximum absolute atomic E-state index is 12.9. The number of ether oxygens (including phenoxy) is 1. The molecule has 0 aliphatic carbocycles. The topological polar surface area (TPSA) is 29.5 Å². The molecule has 0 saturated carbocycles. The van der Waals surface area contributed by atoms with Crippen molar-refractivity contribution >= 4 is 46.0 Å². The quantitative estimate of drug-likeness (QED) is 0.401. The SMILES string of the molecule is C=CCOc1cccc(/C=C2/SC(=S)N(c3ccc(C)c(C)c3)C2=O)c1. The summed E-state index contributed by atoms with van der Waals surface area (Å²) in [5, 5.41) is 0. The summed E-state index contributed by atoms with van der Waals surface area (Å²) in [7, 11) is 0. The average molecular weight is 382 g/mol. The van der Waals surface area contributed by atoms with Crippen LogP contribution in [-0.2, 0) is 4.79 Å². The Balaban J connectivity index is 1.87. The minimum Gasteiger partial charge on any atom is -0.490 e. The van der Waals surface area contributed by atoms with Gasteiger partial charge in [-0.2, -0.15) is 0 Å². The molecule has 3 nitrogen and oxygen atoms in total. The van der Waals surface area contributed by atoms with Crippen LogP contribution in [0, 0.1) is 13.8 Å². The third-order valence-corrected chi connectivity index (χ3v) is 5.37. The van der Waals surface area contributed by atoms with Gasteiger partial charge in [-0.05, 0) is 60.9 Å². The third kappa shape index (κ3) is 3.89. The summed E-state index contributed by atoms with van der Waals surface area (Å²) in [5.74, 6) is 0.643. The van der Waals surface area contributed by atoms with Gasteiger partial charge in [0.1, 0.15) is 12.4 Å². The molecule has 1 saturated heterocycles. The summed E-state index contributed by atoms with van der Waals surface area (Å²) < 4.78 is 6.09. The number of thioether (sulfide) groups is 1.